The summed E-state index contributed by atoms with van der Waals surface area (Å²) in [6.45, 7) is 2.57. The van der Waals surface area contributed by atoms with E-state index in [1.165, 1.54) is 0 Å². The fraction of sp³-hybridized carbons (Fsp3) is 0.200. The van der Waals surface area contributed by atoms with Crippen molar-refractivity contribution in [3.05, 3.63) is 77.3 Å². The normalized spacial score (nSPS) is 12.5. The summed E-state index contributed by atoms with van der Waals surface area (Å²) in [5.74, 6) is 1.34. The SMILES string of the molecule is CCOc1ccc(OCC(=O)Nc2ccc3c(c2)N(Cc2ccccc2Cl)C(=O)CO3)cc1. The highest BCUT2D eigenvalue weighted by molar-refractivity contribution is 6.31. The first-order valence-corrected chi connectivity index (χ1v) is 10.9. The summed E-state index contributed by atoms with van der Waals surface area (Å²) >= 11 is 6.28. The number of hydrogen-bond acceptors (Lipinski definition) is 5. The van der Waals surface area contributed by atoms with Crippen LogP contribution in [0.25, 0.3) is 0 Å². The van der Waals surface area contributed by atoms with E-state index in [-0.39, 0.29) is 25.0 Å². The van der Waals surface area contributed by atoms with Crippen molar-refractivity contribution in [2.75, 3.05) is 30.0 Å². The molecule has 0 atom stereocenters. The number of nitrogens with zero attached hydrogens (tertiary/aromatic N) is 1. The van der Waals surface area contributed by atoms with Gasteiger partial charge in [-0.3, -0.25) is 9.59 Å². The van der Waals surface area contributed by atoms with Gasteiger partial charge in [0.2, 0.25) is 0 Å². The van der Waals surface area contributed by atoms with Crippen molar-refractivity contribution in [3.63, 3.8) is 0 Å². The second-order valence-electron chi connectivity index (χ2n) is 7.28. The molecule has 170 valence electrons. The molecule has 3 aromatic carbocycles. The van der Waals surface area contributed by atoms with E-state index in [4.69, 9.17) is 25.8 Å². The van der Waals surface area contributed by atoms with Crippen molar-refractivity contribution in [3.8, 4) is 17.2 Å². The predicted octanol–water partition coefficient (Wildman–Crippen LogP) is 4.68. The Labute approximate surface area is 196 Å². The molecule has 0 fully saturated rings. The zero-order valence-corrected chi connectivity index (χ0v) is 18.8. The summed E-state index contributed by atoms with van der Waals surface area (Å²) in [7, 11) is 0. The lowest BCUT2D eigenvalue weighted by molar-refractivity contribution is -0.121. The molecule has 2 amide bonds. The number of benzene rings is 3. The number of hydrogen-bond donors (Lipinski definition) is 1. The highest BCUT2D eigenvalue weighted by Crippen LogP contribution is 2.36. The van der Waals surface area contributed by atoms with E-state index in [1.807, 2.05) is 25.1 Å². The van der Waals surface area contributed by atoms with Crippen LogP contribution in [0.4, 0.5) is 11.4 Å². The molecular formula is C25H23ClN2O5. The first-order chi connectivity index (χ1) is 16.0. The van der Waals surface area contributed by atoms with Gasteiger partial charge in [-0.05, 0) is 61.0 Å². The van der Waals surface area contributed by atoms with Crippen LogP contribution < -0.4 is 24.4 Å². The number of amides is 2. The highest BCUT2D eigenvalue weighted by atomic mass is 35.5. The van der Waals surface area contributed by atoms with Gasteiger partial charge in [-0.25, -0.2) is 0 Å². The van der Waals surface area contributed by atoms with Crippen molar-refractivity contribution < 1.29 is 23.8 Å². The predicted molar refractivity (Wildman–Crippen MR) is 126 cm³/mol. The molecule has 4 rings (SSSR count). The van der Waals surface area contributed by atoms with E-state index in [2.05, 4.69) is 5.32 Å². The maximum Gasteiger partial charge on any atom is 0.265 e. The quantitative estimate of drug-likeness (QED) is 0.521. The van der Waals surface area contributed by atoms with Crippen LogP contribution in [0.1, 0.15) is 12.5 Å². The maximum absolute atomic E-state index is 12.6. The maximum atomic E-state index is 12.6. The molecule has 0 aromatic heterocycles. The van der Waals surface area contributed by atoms with Gasteiger partial charge in [-0.1, -0.05) is 29.8 Å². The van der Waals surface area contributed by atoms with Crippen molar-refractivity contribution in [1.82, 2.24) is 0 Å². The van der Waals surface area contributed by atoms with Gasteiger partial charge in [-0.15, -0.1) is 0 Å². The molecule has 0 bridgehead atoms. The van der Waals surface area contributed by atoms with Crippen LogP contribution in [-0.4, -0.2) is 31.6 Å². The first kappa shape index (κ1) is 22.5. The molecular weight excluding hydrogens is 444 g/mol. The summed E-state index contributed by atoms with van der Waals surface area (Å²) in [5.41, 5.74) is 1.91. The number of carbonyl (C=O) groups excluding carboxylic acids is 2. The van der Waals surface area contributed by atoms with Crippen LogP contribution in [0, 0.1) is 0 Å². The standard InChI is InChI=1S/C25H23ClN2O5/c1-2-31-19-8-10-20(11-9-19)32-15-24(29)27-18-7-12-23-22(13-18)28(25(30)16-33-23)14-17-5-3-4-6-21(17)26/h3-13H,2,14-16H2,1H3,(H,27,29). The van der Waals surface area contributed by atoms with E-state index in [9.17, 15) is 9.59 Å². The van der Waals surface area contributed by atoms with Crippen LogP contribution >= 0.6 is 11.6 Å². The minimum atomic E-state index is -0.329. The number of rotatable bonds is 8. The van der Waals surface area contributed by atoms with Crippen LogP contribution in [0.5, 0.6) is 17.2 Å². The van der Waals surface area contributed by atoms with Crippen molar-refractivity contribution in [1.29, 1.82) is 0 Å². The van der Waals surface area contributed by atoms with Gasteiger partial charge in [0.05, 0.1) is 18.8 Å². The molecule has 0 saturated heterocycles. The molecule has 8 heteroatoms. The Morgan fingerprint density at radius 2 is 1.79 bits per heavy atom. The van der Waals surface area contributed by atoms with Crippen molar-refractivity contribution in [2.45, 2.75) is 13.5 Å². The number of fused-ring (bicyclic) bond motifs is 1. The third kappa shape index (κ3) is 5.56. The Kier molecular flexibility index (Phi) is 7.00. The number of nitrogens with one attached hydrogen (secondary N) is 1. The number of carbonyl (C=O) groups is 2. The van der Waals surface area contributed by atoms with Crippen molar-refractivity contribution >= 4 is 34.8 Å². The summed E-state index contributed by atoms with van der Waals surface area (Å²) in [6.07, 6.45) is 0. The molecule has 0 aliphatic carbocycles. The van der Waals surface area contributed by atoms with Gasteiger partial charge < -0.3 is 24.4 Å². The van der Waals surface area contributed by atoms with E-state index in [0.717, 1.165) is 11.3 Å². The van der Waals surface area contributed by atoms with Crippen molar-refractivity contribution in [2.24, 2.45) is 0 Å². The molecule has 1 N–H and O–H groups in total. The Morgan fingerprint density at radius 1 is 1.06 bits per heavy atom. The van der Waals surface area contributed by atoms with Gasteiger partial charge >= 0.3 is 0 Å². The lowest BCUT2D eigenvalue weighted by Gasteiger charge is -2.30. The average molecular weight is 467 g/mol. The molecule has 1 aliphatic heterocycles. The van der Waals surface area contributed by atoms with E-state index in [1.54, 1.807) is 53.4 Å². The Bertz CT molecular complexity index is 1150. The molecule has 33 heavy (non-hydrogen) atoms. The fourth-order valence-corrected chi connectivity index (χ4v) is 3.59. The highest BCUT2D eigenvalue weighted by Gasteiger charge is 2.26. The van der Waals surface area contributed by atoms with Gasteiger partial charge in [0.25, 0.3) is 11.8 Å². The Morgan fingerprint density at radius 3 is 2.52 bits per heavy atom. The van der Waals surface area contributed by atoms with Crippen LogP contribution in [-0.2, 0) is 16.1 Å². The molecule has 0 unspecified atom stereocenters. The van der Waals surface area contributed by atoms with Crippen LogP contribution in [0.15, 0.2) is 66.7 Å². The molecule has 3 aromatic rings. The van der Waals surface area contributed by atoms with Gasteiger partial charge in [0.15, 0.2) is 13.2 Å². The monoisotopic (exact) mass is 466 g/mol. The third-order valence-corrected chi connectivity index (χ3v) is 5.35. The second kappa shape index (κ2) is 10.3. The second-order valence-corrected chi connectivity index (χ2v) is 7.69. The van der Waals surface area contributed by atoms with E-state index in [0.29, 0.717) is 41.0 Å². The molecule has 7 nitrogen and oxygen atoms in total. The smallest absolute Gasteiger partial charge is 0.265 e. The fourth-order valence-electron chi connectivity index (χ4n) is 3.39. The minimum absolute atomic E-state index is 0.0565. The lowest BCUT2D eigenvalue weighted by atomic mass is 10.1. The molecule has 1 aliphatic rings. The van der Waals surface area contributed by atoms with Gasteiger partial charge in [-0.2, -0.15) is 0 Å². The number of ether oxygens (including phenoxy) is 3. The molecule has 0 saturated carbocycles. The van der Waals surface area contributed by atoms with E-state index < -0.39 is 0 Å². The molecule has 1 heterocycles. The number of anilines is 2. The van der Waals surface area contributed by atoms with E-state index >= 15 is 0 Å². The Hall–Kier alpha value is -3.71. The molecule has 0 spiro atoms. The zero-order valence-electron chi connectivity index (χ0n) is 18.0. The third-order valence-electron chi connectivity index (χ3n) is 4.98. The summed E-state index contributed by atoms with van der Waals surface area (Å²) in [6, 6.07) is 19.6. The van der Waals surface area contributed by atoms with Crippen LogP contribution in [0.3, 0.4) is 0 Å². The topological polar surface area (TPSA) is 77.1 Å². The zero-order chi connectivity index (χ0) is 23.2. The Balaban J connectivity index is 1.43. The summed E-state index contributed by atoms with van der Waals surface area (Å²) in [5, 5.41) is 3.37. The largest absolute Gasteiger partial charge is 0.494 e. The number of halogens is 1. The van der Waals surface area contributed by atoms with Gasteiger partial charge in [0, 0.05) is 10.7 Å². The van der Waals surface area contributed by atoms with Gasteiger partial charge in [0.1, 0.15) is 17.2 Å². The molecule has 0 radical (unpaired) electrons. The summed E-state index contributed by atoms with van der Waals surface area (Å²) in [4.78, 5) is 26.6. The van der Waals surface area contributed by atoms with Crippen LogP contribution in [0.2, 0.25) is 5.02 Å². The first-order valence-electron chi connectivity index (χ1n) is 10.5. The lowest BCUT2D eigenvalue weighted by Crippen LogP contribution is -2.38. The minimum Gasteiger partial charge on any atom is -0.494 e. The average Bonchev–Trinajstić information content (AvgIpc) is 2.82. The summed E-state index contributed by atoms with van der Waals surface area (Å²) < 4.78 is 16.5.